The number of nitrogens with zero attached hydrogens (tertiary/aromatic N) is 2. The SMILES string of the molecule is Cn1c(CNC2COC2)nc2ccccc21. The maximum Gasteiger partial charge on any atom is 0.123 e. The highest BCUT2D eigenvalue weighted by molar-refractivity contribution is 5.75. The van der Waals surface area contributed by atoms with E-state index in [1.807, 2.05) is 18.2 Å². The molecule has 0 unspecified atom stereocenters. The molecule has 16 heavy (non-hydrogen) atoms. The molecule has 1 aliphatic rings. The summed E-state index contributed by atoms with van der Waals surface area (Å²) in [5.41, 5.74) is 2.25. The summed E-state index contributed by atoms with van der Waals surface area (Å²) in [6.45, 7) is 2.45. The molecule has 0 spiro atoms. The predicted octanol–water partition coefficient (Wildman–Crippen LogP) is 1.06. The van der Waals surface area contributed by atoms with Crippen molar-refractivity contribution in [2.24, 2.45) is 7.05 Å². The van der Waals surface area contributed by atoms with Gasteiger partial charge in [0.05, 0.1) is 36.8 Å². The third kappa shape index (κ3) is 1.60. The summed E-state index contributed by atoms with van der Waals surface area (Å²) in [7, 11) is 2.06. The molecule has 1 saturated heterocycles. The van der Waals surface area contributed by atoms with Gasteiger partial charge in [0.2, 0.25) is 0 Å². The summed E-state index contributed by atoms with van der Waals surface area (Å²) >= 11 is 0. The van der Waals surface area contributed by atoms with Gasteiger partial charge in [0.1, 0.15) is 5.82 Å². The Labute approximate surface area is 94.2 Å². The van der Waals surface area contributed by atoms with E-state index < -0.39 is 0 Å². The van der Waals surface area contributed by atoms with Crippen molar-refractivity contribution in [3.05, 3.63) is 30.1 Å². The van der Waals surface area contributed by atoms with E-state index in [-0.39, 0.29) is 0 Å². The number of nitrogens with one attached hydrogen (secondary N) is 1. The molecular weight excluding hydrogens is 202 g/mol. The monoisotopic (exact) mass is 217 g/mol. The Balaban J connectivity index is 1.82. The van der Waals surface area contributed by atoms with Crippen LogP contribution >= 0.6 is 0 Å². The van der Waals surface area contributed by atoms with Gasteiger partial charge in [-0.15, -0.1) is 0 Å². The number of hydrogen-bond donors (Lipinski definition) is 1. The Hall–Kier alpha value is -1.39. The van der Waals surface area contributed by atoms with Crippen LogP contribution < -0.4 is 5.32 Å². The van der Waals surface area contributed by atoms with Crippen LogP contribution in [0.1, 0.15) is 5.82 Å². The fourth-order valence-corrected chi connectivity index (χ4v) is 1.94. The molecule has 4 nitrogen and oxygen atoms in total. The van der Waals surface area contributed by atoms with Crippen LogP contribution in [0.15, 0.2) is 24.3 Å². The van der Waals surface area contributed by atoms with E-state index in [0.717, 1.165) is 31.1 Å². The Morgan fingerprint density at radius 1 is 1.44 bits per heavy atom. The van der Waals surface area contributed by atoms with Crippen molar-refractivity contribution in [2.75, 3.05) is 13.2 Å². The van der Waals surface area contributed by atoms with Crippen LogP contribution in [0.5, 0.6) is 0 Å². The van der Waals surface area contributed by atoms with Crippen molar-refractivity contribution in [3.8, 4) is 0 Å². The van der Waals surface area contributed by atoms with Crippen LogP contribution in [0.25, 0.3) is 11.0 Å². The quantitative estimate of drug-likeness (QED) is 0.835. The zero-order valence-electron chi connectivity index (χ0n) is 9.31. The summed E-state index contributed by atoms with van der Waals surface area (Å²) in [5.74, 6) is 1.08. The molecule has 1 aromatic heterocycles. The maximum atomic E-state index is 5.12. The second kappa shape index (κ2) is 3.88. The molecule has 0 bridgehead atoms. The number of benzene rings is 1. The minimum atomic E-state index is 0.500. The summed E-state index contributed by atoms with van der Waals surface area (Å²) in [6, 6.07) is 8.71. The number of rotatable bonds is 3. The molecular formula is C12H15N3O. The highest BCUT2D eigenvalue weighted by Gasteiger charge is 2.18. The molecule has 0 saturated carbocycles. The lowest BCUT2D eigenvalue weighted by atomic mass is 10.2. The lowest BCUT2D eigenvalue weighted by molar-refractivity contribution is -0.00611. The maximum absolute atomic E-state index is 5.12. The van der Waals surface area contributed by atoms with E-state index in [1.54, 1.807) is 0 Å². The summed E-state index contributed by atoms with van der Waals surface area (Å²) in [4.78, 5) is 4.60. The number of aromatic nitrogens is 2. The lowest BCUT2D eigenvalue weighted by Gasteiger charge is -2.26. The van der Waals surface area contributed by atoms with Gasteiger partial charge >= 0.3 is 0 Å². The van der Waals surface area contributed by atoms with E-state index in [2.05, 4.69) is 28.0 Å². The van der Waals surface area contributed by atoms with E-state index >= 15 is 0 Å². The molecule has 0 atom stereocenters. The number of ether oxygens (including phenoxy) is 1. The Morgan fingerprint density at radius 3 is 2.94 bits per heavy atom. The van der Waals surface area contributed by atoms with Crippen LogP contribution in [0, 0.1) is 0 Å². The Morgan fingerprint density at radius 2 is 2.25 bits per heavy atom. The minimum Gasteiger partial charge on any atom is -0.378 e. The van der Waals surface area contributed by atoms with Gasteiger partial charge in [-0.1, -0.05) is 12.1 Å². The topological polar surface area (TPSA) is 39.1 Å². The smallest absolute Gasteiger partial charge is 0.123 e. The summed E-state index contributed by atoms with van der Waals surface area (Å²) in [6.07, 6.45) is 0. The van der Waals surface area contributed by atoms with Gasteiger partial charge in [0.15, 0.2) is 0 Å². The number of fused-ring (bicyclic) bond motifs is 1. The average Bonchev–Trinajstić information content (AvgIpc) is 2.55. The highest BCUT2D eigenvalue weighted by Crippen LogP contribution is 2.14. The highest BCUT2D eigenvalue weighted by atomic mass is 16.5. The normalized spacial score (nSPS) is 16.6. The number of para-hydroxylation sites is 2. The first-order valence-corrected chi connectivity index (χ1v) is 5.56. The fraction of sp³-hybridized carbons (Fsp3) is 0.417. The van der Waals surface area contributed by atoms with Crippen LogP contribution in [0.2, 0.25) is 0 Å². The van der Waals surface area contributed by atoms with Crippen molar-refractivity contribution in [3.63, 3.8) is 0 Å². The zero-order valence-corrected chi connectivity index (χ0v) is 9.31. The van der Waals surface area contributed by atoms with Gasteiger partial charge < -0.3 is 14.6 Å². The van der Waals surface area contributed by atoms with Gasteiger partial charge in [-0.05, 0) is 12.1 Å². The first kappa shape index (κ1) is 9.81. The molecule has 0 aliphatic carbocycles. The van der Waals surface area contributed by atoms with Gasteiger partial charge in [-0.3, -0.25) is 0 Å². The minimum absolute atomic E-state index is 0.500. The molecule has 1 aliphatic heterocycles. The standard InChI is InChI=1S/C12H15N3O/c1-15-11-5-3-2-4-10(11)14-12(15)6-13-9-7-16-8-9/h2-5,9,13H,6-8H2,1H3. The predicted molar refractivity (Wildman–Crippen MR) is 62.2 cm³/mol. The zero-order chi connectivity index (χ0) is 11.0. The fourth-order valence-electron chi connectivity index (χ4n) is 1.94. The Kier molecular flexibility index (Phi) is 2.38. The van der Waals surface area contributed by atoms with E-state index in [9.17, 15) is 0 Å². The molecule has 2 heterocycles. The molecule has 1 fully saturated rings. The lowest BCUT2D eigenvalue weighted by Crippen LogP contribution is -2.45. The van der Waals surface area contributed by atoms with Gasteiger partial charge in [-0.2, -0.15) is 0 Å². The van der Waals surface area contributed by atoms with Crippen molar-refractivity contribution >= 4 is 11.0 Å². The third-order valence-electron chi connectivity index (χ3n) is 3.07. The second-order valence-electron chi connectivity index (χ2n) is 4.19. The van der Waals surface area contributed by atoms with Crippen LogP contribution in [-0.2, 0) is 18.3 Å². The molecule has 1 aromatic carbocycles. The second-order valence-corrected chi connectivity index (χ2v) is 4.19. The molecule has 3 rings (SSSR count). The van der Waals surface area contributed by atoms with Crippen LogP contribution in [0.4, 0.5) is 0 Å². The van der Waals surface area contributed by atoms with Crippen molar-refractivity contribution in [1.82, 2.24) is 14.9 Å². The van der Waals surface area contributed by atoms with Crippen LogP contribution in [-0.4, -0.2) is 28.8 Å². The Bertz CT molecular complexity index is 502. The molecule has 0 radical (unpaired) electrons. The van der Waals surface area contributed by atoms with Gasteiger partial charge in [0, 0.05) is 7.05 Å². The molecule has 2 aromatic rings. The van der Waals surface area contributed by atoms with Crippen LogP contribution in [0.3, 0.4) is 0 Å². The van der Waals surface area contributed by atoms with Crippen molar-refractivity contribution in [1.29, 1.82) is 0 Å². The molecule has 84 valence electrons. The average molecular weight is 217 g/mol. The molecule has 0 amide bonds. The van der Waals surface area contributed by atoms with Gasteiger partial charge in [-0.25, -0.2) is 4.98 Å². The first-order chi connectivity index (χ1) is 7.84. The third-order valence-corrected chi connectivity index (χ3v) is 3.07. The number of imidazole rings is 1. The molecule has 4 heteroatoms. The van der Waals surface area contributed by atoms with Crippen molar-refractivity contribution in [2.45, 2.75) is 12.6 Å². The summed E-state index contributed by atoms with van der Waals surface area (Å²) < 4.78 is 7.26. The number of aryl methyl sites for hydroxylation is 1. The largest absolute Gasteiger partial charge is 0.378 e. The summed E-state index contributed by atoms with van der Waals surface area (Å²) in [5, 5.41) is 3.43. The number of hydrogen-bond acceptors (Lipinski definition) is 3. The van der Waals surface area contributed by atoms with E-state index in [4.69, 9.17) is 4.74 Å². The van der Waals surface area contributed by atoms with E-state index in [0.29, 0.717) is 6.04 Å². The van der Waals surface area contributed by atoms with Crippen molar-refractivity contribution < 1.29 is 4.74 Å². The van der Waals surface area contributed by atoms with E-state index in [1.165, 1.54) is 5.52 Å². The van der Waals surface area contributed by atoms with Gasteiger partial charge in [0.25, 0.3) is 0 Å². The first-order valence-electron chi connectivity index (χ1n) is 5.56. The molecule has 1 N–H and O–H groups in total.